The van der Waals surface area contributed by atoms with Gasteiger partial charge in [0.2, 0.25) is 0 Å². The Hall–Kier alpha value is -1.80. The van der Waals surface area contributed by atoms with Gasteiger partial charge in [0.1, 0.15) is 5.75 Å². The highest BCUT2D eigenvalue weighted by atomic mass is 16.3. The Labute approximate surface area is 121 Å². The van der Waals surface area contributed by atoms with Gasteiger partial charge in [0.15, 0.2) is 0 Å². The van der Waals surface area contributed by atoms with Crippen molar-refractivity contribution in [2.75, 3.05) is 0 Å². The molecule has 0 radical (unpaired) electrons. The number of benzene rings is 2. The maximum atomic E-state index is 9.99. The summed E-state index contributed by atoms with van der Waals surface area (Å²) in [5.41, 5.74) is 3.51. The van der Waals surface area contributed by atoms with Crippen LogP contribution in [0.3, 0.4) is 0 Å². The molecule has 0 aliphatic rings. The van der Waals surface area contributed by atoms with Crippen LogP contribution in [0.25, 0.3) is 0 Å². The minimum Gasteiger partial charge on any atom is -0.508 e. The topological polar surface area (TPSA) is 32.3 Å². The molecular weight excluding hydrogens is 246 g/mol. The maximum Gasteiger partial charge on any atom is 0.120 e. The summed E-state index contributed by atoms with van der Waals surface area (Å²) in [6, 6.07) is 16.5. The monoisotopic (exact) mass is 269 g/mol. The van der Waals surface area contributed by atoms with Crippen LogP contribution in [-0.4, -0.2) is 5.11 Å². The third-order valence-electron chi connectivity index (χ3n) is 3.75. The SMILES string of the molecule is CCC(N[C@H](C)c1ccc(C)cc1)c1ccccc1O. The molecule has 0 aliphatic carbocycles. The maximum absolute atomic E-state index is 9.99. The number of nitrogens with one attached hydrogen (secondary N) is 1. The van der Waals surface area contributed by atoms with E-state index in [1.54, 1.807) is 6.07 Å². The molecule has 0 fully saturated rings. The van der Waals surface area contributed by atoms with Gasteiger partial charge in [-0.25, -0.2) is 0 Å². The second-order valence-electron chi connectivity index (χ2n) is 5.32. The van der Waals surface area contributed by atoms with Crippen LogP contribution in [0, 0.1) is 6.92 Å². The van der Waals surface area contributed by atoms with Gasteiger partial charge in [-0.15, -0.1) is 0 Å². The van der Waals surface area contributed by atoms with E-state index in [4.69, 9.17) is 0 Å². The average Bonchev–Trinajstić information content (AvgIpc) is 2.46. The first-order valence-corrected chi connectivity index (χ1v) is 7.22. The van der Waals surface area contributed by atoms with E-state index in [-0.39, 0.29) is 12.1 Å². The molecule has 0 saturated heterocycles. The van der Waals surface area contributed by atoms with Gasteiger partial charge in [-0.1, -0.05) is 55.0 Å². The standard InChI is InChI=1S/C18H23NO/c1-4-17(16-7-5-6-8-18(16)20)19-14(3)15-11-9-13(2)10-12-15/h5-12,14,17,19-20H,4H2,1-3H3/t14-,17?/m1/s1. The third-order valence-corrected chi connectivity index (χ3v) is 3.75. The van der Waals surface area contributed by atoms with Crippen LogP contribution < -0.4 is 5.32 Å². The lowest BCUT2D eigenvalue weighted by molar-refractivity contribution is 0.419. The zero-order chi connectivity index (χ0) is 14.5. The summed E-state index contributed by atoms with van der Waals surface area (Å²) in [5, 5.41) is 13.6. The molecule has 20 heavy (non-hydrogen) atoms. The van der Waals surface area contributed by atoms with Crippen molar-refractivity contribution in [3.8, 4) is 5.75 Å². The Kier molecular flexibility index (Phi) is 4.80. The predicted octanol–water partition coefficient (Wildman–Crippen LogP) is 4.50. The molecule has 0 bridgehead atoms. The molecule has 2 heteroatoms. The van der Waals surface area contributed by atoms with E-state index in [0.717, 1.165) is 12.0 Å². The van der Waals surface area contributed by atoms with E-state index in [2.05, 4.69) is 50.4 Å². The minimum atomic E-state index is 0.160. The second kappa shape index (κ2) is 6.58. The molecule has 0 spiro atoms. The number of aromatic hydroxyl groups is 1. The third kappa shape index (κ3) is 3.40. The van der Waals surface area contributed by atoms with Crippen LogP contribution in [-0.2, 0) is 0 Å². The second-order valence-corrected chi connectivity index (χ2v) is 5.32. The summed E-state index contributed by atoms with van der Waals surface area (Å²) in [7, 11) is 0. The van der Waals surface area contributed by atoms with E-state index in [0.29, 0.717) is 5.75 Å². The van der Waals surface area contributed by atoms with Gasteiger partial charge in [-0.05, 0) is 31.9 Å². The number of phenolic OH excluding ortho intramolecular Hbond substituents is 1. The first-order chi connectivity index (χ1) is 9.61. The molecule has 0 saturated carbocycles. The summed E-state index contributed by atoms with van der Waals surface area (Å²) in [6.45, 7) is 6.39. The van der Waals surface area contributed by atoms with Crippen LogP contribution in [0.15, 0.2) is 48.5 Å². The molecule has 2 atom stereocenters. The normalized spacial score (nSPS) is 13.9. The fourth-order valence-electron chi connectivity index (χ4n) is 2.46. The molecule has 2 nitrogen and oxygen atoms in total. The largest absolute Gasteiger partial charge is 0.508 e. The number of phenols is 1. The van der Waals surface area contributed by atoms with E-state index in [9.17, 15) is 5.11 Å². The highest BCUT2D eigenvalue weighted by Gasteiger charge is 2.16. The van der Waals surface area contributed by atoms with E-state index < -0.39 is 0 Å². The molecule has 2 aromatic carbocycles. The van der Waals surface area contributed by atoms with Crippen LogP contribution in [0.5, 0.6) is 5.75 Å². The van der Waals surface area contributed by atoms with Gasteiger partial charge in [0, 0.05) is 17.6 Å². The highest BCUT2D eigenvalue weighted by molar-refractivity contribution is 5.35. The molecule has 2 rings (SSSR count). The highest BCUT2D eigenvalue weighted by Crippen LogP contribution is 2.28. The van der Waals surface area contributed by atoms with E-state index in [1.165, 1.54) is 11.1 Å². The molecule has 0 aliphatic heterocycles. The Balaban J connectivity index is 2.14. The lowest BCUT2D eigenvalue weighted by Crippen LogP contribution is -2.24. The first kappa shape index (κ1) is 14.6. The number of aryl methyl sites for hydroxylation is 1. The molecule has 1 unspecified atom stereocenters. The Morgan fingerprint density at radius 3 is 2.30 bits per heavy atom. The van der Waals surface area contributed by atoms with Crippen molar-refractivity contribution in [3.63, 3.8) is 0 Å². The van der Waals surface area contributed by atoms with Gasteiger partial charge < -0.3 is 10.4 Å². The van der Waals surface area contributed by atoms with Gasteiger partial charge in [0.25, 0.3) is 0 Å². The van der Waals surface area contributed by atoms with Gasteiger partial charge in [-0.3, -0.25) is 0 Å². The Bertz CT molecular complexity index is 548. The smallest absolute Gasteiger partial charge is 0.120 e. The summed E-state index contributed by atoms with van der Waals surface area (Å²) in [4.78, 5) is 0. The molecule has 0 aromatic heterocycles. The van der Waals surface area contributed by atoms with Crippen molar-refractivity contribution < 1.29 is 5.11 Å². The van der Waals surface area contributed by atoms with Crippen LogP contribution in [0.1, 0.15) is 49.0 Å². The fraction of sp³-hybridized carbons (Fsp3) is 0.333. The van der Waals surface area contributed by atoms with E-state index >= 15 is 0 Å². The van der Waals surface area contributed by atoms with Crippen molar-refractivity contribution >= 4 is 0 Å². The quantitative estimate of drug-likeness (QED) is 0.837. The van der Waals surface area contributed by atoms with Crippen molar-refractivity contribution in [1.29, 1.82) is 0 Å². The van der Waals surface area contributed by atoms with E-state index in [1.807, 2.05) is 18.2 Å². The average molecular weight is 269 g/mol. The Morgan fingerprint density at radius 2 is 1.70 bits per heavy atom. The van der Waals surface area contributed by atoms with Gasteiger partial charge in [0.05, 0.1) is 0 Å². The summed E-state index contributed by atoms with van der Waals surface area (Å²) < 4.78 is 0. The summed E-state index contributed by atoms with van der Waals surface area (Å²) >= 11 is 0. The number of hydrogen-bond acceptors (Lipinski definition) is 2. The van der Waals surface area contributed by atoms with Gasteiger partial charge in [-0.2, -0.15) is 0 Å². The lowest BCUT2D eigenvalue weighted by atomic mass is 10.00. The van der Waals surface area contributed by atoms with Crippen LogP contribution in [0.4, 0.5) is 0 Å². The minimum absolute atomic E-state index is 0.160. The summed E-state index contributed by atoms with van der Waals surface area (Å²) in [6.07, 6.45) is 0.938. The van der Waals surface area contributed by atoms with Crippen molar-refractivity contribution in [2.24, 2.45) is 0 Å². The van der Waals surface area contributed by atoms with Crippen molar-refractivity contribution in [2.45, 2.75) is 39.3 Å². The number of para-hydroxylation sites is 1. The molecular formula is C18H23NO. The van der Waals surface area contributed by atoms with Crippen LogP contribution >= 0.6 is 0 Å². The number of rotatable bonds is 5. The van der Waals surface area contributed by atoms with Gasteiger partial charge >= 0.3 is 0 Å². The zero-order valence-corrected chi connectivity index (χ0v) is 12.4. The predicted molar refractivity (Wildman–Crippen MR) is 83.9 cm³/mol. The van der Waals surface area contributed by atoms with Crippen molar-refractivity contribution in [1.82, 2.24) is 5.32 Å². The fourth-order valence-corrected chi connectivity index (χ4v) is 2.46. The first-order valence-electron chi connectivity index (χ1n) is 7.22. The lowest BCUT2D eigenvalue weighted by Gasteiger charge is -2.23. The van der Waals surface area contributed by atoms with Crippen molar-refractivity contribution in [3.05, 3.63) is 65.2 Å². The molecule has 2 N–H and O–H groups in total. The number of hydrogen-bond donors (Lipinski definition) is 2. The molecule has 106 valence electrons. The zero-order valence-electron chi connectivity index (χ0n) is 12.4. The molecule has 2 aromatic rings. The molecule has 0 amide bonds. The van der Waals surface area contributed by atoms with Crippen LogP contribution in [0.2, 0.25) is 0 Å². The molecule has 0 heterocycles. The Morgan fingerprint density at radius 1 is 1.05 bits per heavy atom. The summed E-state index contributed by atoms with van der Waals surface area (Å²) in [5.74, 6) is 0.364.